The van der Waals surface area contributed by atoms with Crippen LogP contribution in [0.25, 0.3) is 0 Å². The van der Waals surface area contributed by atoms with E-state index >= 15 is 0 Å². The molecule has 0 unspecified atom stereocenters. The van der Waals surface area contributed by atoms with Crippen LogP contribution in [0.3, 0.4) is 0 Å². The maximum atomic E-state index is 12.3. The van der Waals surface area contributed by atoms with Crippen LogP contribution in [0.4, 0.5) is 5.82 Å². The van der Waals surface area contributed by atoms with Crippen molar-refractivity contribution in [3.8, 4) is 0 Å². The summed E-state index contributed by atoms with van der Waals surface area (Å²) in [7, 11) is -1.95. The van der Waals surface area contributed by atoms with E-state index in [4.69, 9.17) is 10.5 Å². The summed E-state index contributed by atoms with van der Waals surface area (Å²) in [4.78, 5) is 0.0801. The minimum Gasteiger partial charge on any atom is -0.381 e. The largest absolute Gasteiger partial charge is 0.381 e. The predicted molar refractivity (Wildman–Crippen MR) is 66.5 cm³/mol. The van der Waals surface area contributed by atoms with Crippen molar-refractivity contribution < 1.29 is 13.2 Å². The molecule has 7 nitrogen and oxygen atoms in total. The lowest BCUT2D eigenvalue weighted by atomic mass is 10.1. The molecular weight excluding hydrogens is 256 g/mol. The summed E-state index contributed by atoms with van der Waals surface area (Å²) in [5.41, 5.74) is 6.19. The van der Waals surface area contributed by atoms with E-state index in [0.29, 0.717) is 31.7 Å². The lowest BCUT2D eigenvalue weighted by Gasteiger charge is -2.22. The molecule has 1 aromatic heterocycles. The molecule has 18 heavy (non-hydrogen) atoms. The van der Waals surface area contributed by atoms with Crippen LogP contribution in [0.1, 0.15) is 18.5 Å². The number of nitrogen functional groups attached to an aromatic ring is 1. The molecule has 0 aliphatic carbocycles. The van der Waals surface area contributed by atoms with Gasteiger partial charge >= 0.3 is 0 Å². The maximum Gasteiger partial charge on any atom is 0.246 e. The fourth-order valence-corrected chi connectivity index (χ4v) is 3.67. The number of nitrogens with zero attached hydrogens (tertiary/aromatic N) is 2. The van der Waals surface area contributed by atoms with Gasteiger partial charge in [-0.05, 0) is 19.8 Å². The van der Waals surface area contributed by atoms with E-state index in [2.05, 4.69) is 9.82 Å². The molecular formula is C10H18N4O3S. The SMILES string of the molecule is Cc1c(S(=O)(=O)NC2CCOCC2)c(N)nn1C. The lowest BCUT2D eigenvalue weighted by molar-refractivity contribution is 0.0832. The first-order chi connectivity index (χ1) is 8.42. The minimum absolute atomic E-state index is 0.0366. The second kappa shape index (κ2) is 4.87. The van der Waals surface area contributed by atoms with E-state index in [9.17, 15) is 8.42 Å². The molecule has 0 amide bonds. The van der Waals surface area contributed by atoms with Gasteiger partial charge in [-0.25, -0.2) is 13.1 Å². The molecule has 0 spiro atoms. The molecule has 2 rings (SSSR count). The van der Waals surface area contributed by atoms with Crippen molar-refractivity contribution in [3.05, 3.63) is 5.69 Å². The second-order valence-electron chi connectivity index (χ2n) is 4.43. The van der Waals surface area contributed by atoms with Gasteiger partial charge in [0, 0.05) is 26.3 Å². The van der Waals surface area contributed by atoms with Gasteiger partial charge in [-0.1, -0.05) is 0 Å². The number of sulfonamides is 1. The van der Waals surface area contributed by atoms with Gasteiger partial charge in [0.1, 0.15) is 4.90 Å². The Bertz CT molecular complexity index is 532. The van der Waals surface area contributed by atoms with Crippen molar-refractivity contribution in [1.29, 1.82) is 0 Å². The number of ether oxygens (including phenoxy) is 1. The third-order valence-corrected chi connectivity index (χ3v) is 4.80. The highest BCUT2D eigenvalue weighted by Crippen LogP contribution is 2.22. The van der Waals surface area contributed by atoms with Crippen molar-refractivity contribution in [1.82, 2.24) is 14.5 Å². The van der Waals surface area contributed by atoms with Gasteiger partial charge in [-0.3, -0.25) is 4.68 Å². The number of hydrogen-bond acceptors (Lipinski definition) is 5. The Morgan fingerprint density at radius 2 is 2.06 bits per heavy atom. The van der Waals surface area contributed by atoms with Gasteiger partial charge in [-0.15, -0.1) is 0 Å². The summed E-state index contributed by atoms with van der Waals surface area (Å²) >= 11 is 0. The van der Waals surface area contributed by atoms with Crippen molar-refractivity contribution in [2.75, 3.05) is 18.9 Å². The van der Waals surface area contributed by atoms with Crippen LogP contribution >= 0.6 is 0 Å². The second-order valence-corrected chi connectivity index (χ2v) is 6.08. The third kappa shape index (κ3) is 2.50. The van der Waals surface area contributed by atoms with Gasteiger partial charge in [0.2, 0.25) is 10.0 Å². The number of anilines is 1. The highest BCUT2D eigenvalue weighted by Gasteiger charge is 2.28. The van der Waals surface area contributed by atoms with Gasteiger partial charge in [0.15, 0.2) is 5.82 Å². The van der Waals surface area contributed by atoms with Crippen molar-refractivity contribution in [3.63, 3.8) is 0 Å². The summed E-state index contributed by atoms with van der Waals surface area (Å²) in [6, 6.07) is -0.0947. The average molecular weight is 274 g/mol. The zero-order valence-electron chi connectivity index (χ0n) is 10.5. The first-order valence-electron chi connectivity index (χ1n) is 5.81. The Morgan fingerprint density at radius 1 is 1.44 bits per heavy atom. The summed E-state index contributed by atoms with van der Waals surface area (Å²) in [5.74, 6) is 0.0366. The lowest BCUT2D eigenvalue weighted by Crippen LogP contribution is -2.39. The van der Waals surface area contributed by atoms with E-state index in [1.54, 1.807) is 14.0 Å². The first kappa shape index (κ1) is 13.3. The normalized spacial score (nSPS) is 18.1. The molecule has 0 aromatic carbocycles. The zero-order valence-corrected chi connectivity index (χ0v) is 11.3. The molecule has 0 radical (unpaired) electrons. The number of nitrogens with two attached hydrogens (primary N) is 1. The molecule has 1 saturated heterocycles. The Hall–Kier alpha value is -1.12. The van der Waals surface area contributed by atoms with Crippen LogP contribution in [0, 0.1) is 6.92 Å². The van der Waals surface area contributed by atoms with Crippen molar-refractivity contribution in [2.45, 2.75) is 30.7 Å². The van der Waals surface area contributed by atoms with Crippen LogP contribution in [0.2, 0.25) is 0 Å². The predicted octanol–water partition coefficient (Wildman–Crippen LogP) is -0.232. The quantitative estimate of drug-likeness (QED) is 0.793. The highest BCUT2D eigenvalue weighted by atomic mass is 32.2. The van der Waals surface area contributed by atoms with E-state index in [1.807, 2.05) is 0 Å². The number of aromatic nitrogens is 2. The molecule has 0 bridgehead atoms. The fourth-order valence-electron chi connectivity index (χ4n) is 2.04. The number of nitrogens with one attached hydrogen (secondary N) is 1. The van der Waals surface area contributed by atoms with Gasteiger partial charge in [0.25, 0.3) is 0 Å². The molecule has 1 fully saturated rings. The van der Waals surface area contributed by atoms with Gasteiger partial charge in [-0.2, -0.15) is 5.10 Å². The molecule has 102 valence electrons. The van der Waals surface area contributed by atoms with Crippen LogP contribution in [0.5, 0.6) is 0 Å². The van der Waals surface area contributed by atoms with Crippen LogP contribution in [-0.4, -0.2) is 37.5 Å². The summed E-state index contributed by atoms with van der Waals surface area (Å²) < 4.78 is 33.9. The maximum absolute atomic E-state index is 12.3. The zero-order chi connectivity index (χ0) is 13.3. The molecule has 1 aliphatic rings. The van der Waals surface area contributed by atoms with Crippen molar-refractivity contribution >= 4 is 15.8 Å². The molecule has 0 atom stereocenters. The van der Waals surface area contributed by atoms with Crippen LogP contribution < -0.4 is 10.5 Å². The molecule has 1 aliphatic heterocycles. The third-order valence-electron chi connectivity index (χ3n) is 3.12. The van der Waals surface area contributed by atoms with E-state index < -0.39 is 10.0 Å². The minimum atomic E-state index is -3.61. The van der Waals surface area contributed by atoms with Gasteiger partial charge < -0.3 is 10.5 Å². The number of hydrogen-bond donors (Lipinski definition) is 2. The van der Waals surface area contributed by atoms with Crippen molar-refractivity contribution in [2.24, 2.45) is 7.05 Å². The number of rotatable bonds is 3. The summed E-state index contributed by atoms with van der Waals surface area (Å²) in [5, 5.41) is 3.92. The van der Waals surface area contributed by atoms with Gasteiger partial charge in [0.05, 0.1) is 5.69 Å². The fraction of sp³-hybridized carbons (Fsp3) is 0.700. The van der Waals surface area contributed by atoms with E-state index in [0.717, 1.165) is 0 Å². The molecule has 0 saturated carbocycles. The summed E-state index contributed by atoms with van der Waals surface area (Å²) in [6.45, 7) is 2.84. The van der Waals surface area contributed by atoms with Crippen LogP contribution in [0.15, 0.2) is 4.90 Å². The average Bonchev–Trinajstić information content (AvgIpc) is 2.54. The molecule has 8 heteroatoms. The number of aryl methyl sites for hydroxylation is 1. The first-order valence-corrected chi connectivity index (χ1v) is 7.29. The topological polar surface area (TPSA) is 99.2 Å². The smallest absolute Gasteiger partial charge is 0.246 e. The molecule has 1 aromatic rings. The Kier molecular flexibility index (Phi) is 3.60. The Labute approximate surface area is 106 Å². The summed E-state index contributed by atoms with van der Waals surface area (Å²) in [6.07, 6.45) is 1.36. The highest BCUT2D eigenvalue weighted by molar-refractivity contribution is 7.89. The molecule has 2 heterocycles. The Morgan fingerprint density at radius 3 is 2.56 bits per heavy atom. The molecule has 3 N–H and O–H groups in total. The Balaban J connectivity index is 2.24. The van der Waals surface area contributed by atoms with E-state index in [-0.39, 0.29) is 16.8 Å². The monoisotopic (exact) mass is 274 g/mol. The van der Waals surface area contributed by atoms with Crippen LogP contribution in [-0.2, 0) is 21.8 Å². The van der Waals surface area contributed by atoms with E-state index in [1.165, 1.54) is 4.68 Å². The standard InChI is InChI=1S/C10H18N4O3S/c1-7-9(10(11)12-14(7)2)18(15,16)13-8-3-5-17-6-4-8/h8,13H,3-6H2,1-2H3,(H2,11,12).